The molecule has 0 saturated heterocycles. The summed E-state index contributed by atoms with van der Waals surface area (Å²) in [6.45, 7) is 0. The standard InChI is InChI=1S/C22H15F2N5/c23-15-2-4-19(20(24)10-15)14-8-16(25)11-18(9-14)28-13-26-21-12-17(3-5-22(21)28)29-7-1-6-27-29/h1-13H,25H2. The van der Waals surface area contributed by atoms with Crippen LogP contribution in [0.15, 0.2) is 79.4 Å². The van der Waals surface area contributed by atoms with Crippen LogP contribution in [-0.4, -0.2) is 19.3 Å². The van der Waals surface area contributed by atoms with Crippen molar-refractivity contribution in [2.75, 3.05) is 5.73 Å². The number of hydrogen-bond donors (Lipinski definition) is 1. The van der Waals surface area contributed by atoms with Crippen LogP contribution in [0.2, 0.25) is 0 Å². The molecule has 0 aliphatic carbocycles. The van der Waals surface area contributed by atoms with Gasteiger partial charge in [0.05, 0.1) is 16.7 Å². The molecule has 2 heterocycles. The zero-order chi connectivity index (χ0) is 20.0. The molecule has 0 unspecified atom stereocenters. The molecule has 2 aromatic heterocycles. The fourth-order valence-corrected chi connectivity index (χ4v) is 3.42. The molecule has 7 heteroatoms. The highest BCUT2D eigenvalue weighted by Gasteiger charge is 2.12. The number of imidazole rings is 1. The number of nitrogens with two attached hydrogens (primary N) is 1. The lowest BCUT2D eigenvalue weighted by atomic mass is 10.0. The van der Waals surface area contributed by atoms with Crippen molar-refractivity contribution in [3.05, 3.63) is 91.0 Å². The highest BCUT2D eigenvalue weighted by molar-refractivity contribution is 5.81. The summed E-state index contributed by atoms with van der Waals surface area (Å²) in [5, 5.41) is 4.23. The Labute approximate surface area is 164 Å². The Morgan fingerprint density at radius 2 is 1.79 bits per heavy atom. The topological polar surface area (TPSA) is 61.7 Å². The molecule has 0 aliphatic heterocycles. The fourth-order valence-electron chi connectivity index (χ4n) is 3.42. The largest absolute Gasteiger partial charge is 0.399 e. The highest BCUT2D eigenvalue weighted by atomic mass is 19.1. The first kappa shape index (κ1) is 17.1. The Morgan fingerprint density at radius 1 is 0.897 bits per heavy atom. The smallest absolute Gasteiger partial charge is 0.133 e. The quantitative estimate of drug-likeness (QED) is 0.455. The molecule has 5 rings (SSSR count). The van der Waals surface area contributed by atoms with E-state index >= 15 is 0 Å². The Kier molecular flexibility index (Phi) is 3.87. The average molecular weight is 387 g/mol. The molecule has 0 spiro atoms. The predicted molar refractivity (Wildman–Crippen MR) is 108 cm³/mol. The number of halogens is 2. The number of rotatable bonds is 3. The maximum atomic E-state index is 14.3. The van der Waals surface area contributed by atoms with Crippen molar-refractivity contribution in [3.8, 4) is 22.5 Å². The minimum absolute atomic E-state index is 0.283. The summed E-state index contributed by atoms with van der Waals surface area (Å²) in [7, 11) is 0. The van der Waals surface area contributed by atoms with Crippen LogP contribution in [0.25, 0.3) is 33.5 Å². The maximum absolute atomic E-state index is 14.3. The Bertz CT molecular complexity index is 1340. The van der Waals surface area contributed by atoms with E-state index in [-0.39, 0.29) is 5.56 Å². The van der Waals surface area contributed by atoms with E-state index in [9.17, 15) is 8.78 Å². The van der Waals surface area contributed by atoms with Crippen LogP contribution in [0.5, 0.6) is 0 Å². The van der Waals surface area contributed by atoms with Crippen LogP contribution >= 0.6 is 0 Å². The molecular formula is C22H15F2N5. The van der Waals surface area contributed by atoms with Crippen molar-refractivity contribution >= 4 is 16.7 Å². The van der Waals surface area contributed by atoms with Crippen molar-refractivity contribution < 1.29 is 8.78 Å². The van der Waals surface area contributed by atoms with Crippen LogP contribution in [-0.2, 0) is 0 Å². The number of fused-ring (bicyclic) bond motifs is 1. The van der Waals surface area contributed by atoms with Gasteiger partial charge in [-0.15, -0.1) is 0 Å². The minimum atomic E-state index is -0.638. The molecule has 0 radical (unpaired) electrons. The molecule has 0 saturated carbocycles. The van der Waals surface area contributed by atoms with E-state index in [2.05, 4.69) is 10.1 Å². The van der Waals surface area contributed by atoms with Gasteiger partial charge in [0.2, 0.25) is 0 Å². The van der Waals surface area contributed by atoms with E-state index in [1.165, 1.54) is 12.1 Å². The predicted octanol–water partition coefficient (Wildman–Crippen LogP) is 4.74. The molecular weight excluding hydrogens is 372 g/mol. The lowest BCUT2D eigenvalue weighted by Gasteiger charge is -2.11. The van der Waals surface area contributed by atoms with Gasteiger partial charge in [0.25, 0.3) is 0 Å². The summed E-state index contributed by atoms with van der Waals surface area (Å²) in [4.78, 5) is 4.48. The maximum Gasteiger partial charge on any atom is 0.133 e. The number of aromatic nitrogens is 4. The van der Waals surface area contributed by atoms with Crippen LogP contribution in [0.4, 0.5) is 14.5 Å². The summed E-state index contributed by atoms with van der Waals surface area (Å²) in [6.07, 6.45) is 5.27. The second-order valence-corrected chi connectivity index (χ2v) is 6.68. The molecule has 0 amide bonds. The van der Waals surface area contributed by atoms with Gasteiger partial charge in [-0.25, -0.2) is 18.4 Å². The van der Waals surface area contributed by atoms with E-state index in [4.69, 9.17) is 5.73 Å². The third-order valence-corrected chi connectivity index (χ3v) is 4.76. The number of benzene rings is 3. The van der Waals surface area contributed by atoms with Crippen LogP contribution in [0, 0.1) is 11.6 Å². The van der Waals surface area contributed by atoms with Gasteiger partial charge in [-0.05, 0) is 60.2 Å². The van der Waals surface area contributed by atoms with Gasteiger partial charge in [0.15, 0.2) is 0 Å². The van der Waals surface area contributed by atoms with Crippen molar-refractivity contribution in [2.45, 2.75) is 0 Å². The SMILES string of the molecule is Nc1cc(-c2ccc(F)cc2F)cc(-n2cnc3cc(-n4cccn4)ccc32)c1. The van der Waals surface area contributed by atoms with Gasteiger partial charge in [-0.3, -0.25) is 4.57 Å². The van der Waals surface area contributed by atoms with Gasteiger partial charge in [0.1, 0.15) is 18.0 Å². The number of anilines is 1. The summed E-state index contributed by atoms with van der Waals surface area (Å²) in [5.74, 6) is -1.26. The molecule has 0 fully saturated rings. The highest BCUT2D eigenvalue weighted by Crippen LogP contribution is 2.29. The second kappa shape index (κ2) is 6.56. The number of nitrogens with zero attached hydrogens (tertiary/aromatic N) is 4. The lowest BCUT2D eigenvalue weighted by molar-refractivity contribution is 0.585. The van der Waals surface area contributed by atoms with E-state index in [1.807, 2.05) is 35.0 Å². The third kappa shape index (κ3) is 3.02. The number of hydrogen-bond acceptors (Lipinski definition) is 3. The molecule has 0 bridgehead atoms. The molecule has 5 aromatic rings. The number of nitrogen functional groups attached to an aromatic ring is 1. The van der Waals surface area contributed by atoms with Crippen molar-refractivity contribution in [3.63, 3.8) is 0 Å². The second-order valence-electron chi connectivity index (χ2n) is 6.68. The molecule has 3 aromatic carbocycles. The van der Waals surface area contributed by atoms with Crippen molar-refractivity contribution in [1.82, 2.24) is 19.3 Å². The van der Waals surface area contributed by atoms with E-state index in [0.717, 1.165) is 28.5 Å². The van der Waals surface area contributed by atoms with E-state index in [1.54, 1.807) is 35.4 Å². The van der Waals surface area contributed by atoms with Gasteiger partial charge >= 0.3 is 0 Å². The first-order valence-corrected chi connectivity index (χ1v) is 8.92. The summed E-state index contributed by atoms with van der Waals surface area (Å²) >= 11 is 0. The molecule has 0 atom stereocenters. The Morgan fingerprint density at radius 3 is 2.59 bits per heavy atom. The fraction of sp³-hybridized carbons (Fsp3) is 0. The van der Waals surface area contributed by atoms with Gasteiger partial charge in [-0.2, -0.15) is 5.10 Å². The normalized spacial score (nSPS) is 11.2. The van der Waals surface area contributed by atoms with Crippen molar-refractivity contribution in [2.24, 2.45) is 0 Å². The average Bonchev–Trinajstić information content (AvgIpc) is 3.37. The minimum Gasteiger partial charge on any atom is -0.399 e. The first-order valence-electron chi connectivity index (χ1n) is 8.92. The van der Waals surface area contributed by atoms with Gasteiger partial charge in [0, 0.05) is 35.4 Å². The van der Waals surface area contributed by atoms with E-state index in [0.29, 0.717) is 11.3 Å². The zero-order valence-corrected chi connectivity index (χ0v) is 15.1. The van der Waals surface area contributed by atoms with Crippen molar-refractivity contribution in [1.29, 1.82) is 0 Å². The van der Waals surface area contributed by atoms with Crippen LogP contribution < -0.4 is 5.73 Å². The summed E-state index contributed by atoms with van der Waals surface area (Å²) in [6, 6.07) is 16.4. The van der Waals surface area contributed by atoms with Gasteiger partial charge < -0.3 is 5.73 Å². The molecule has 5 nitrogen and oxygen atoms in total. The molecule has 2 N–H and O–H groups in total. The molecule has 29 heavy (non-hydrogen) atoms. The monoisotopic (exact) mass is 387 g/mol. The summed E-state index contributed by atoms with van der Waals surface area (Å²) < 4.78 is 31.2. The Hall–Kier alpha value is -4.00. The summed E-state index contributed by atoms with van der Waals surface area (Å²) in [5.41, 5.74) is 10.7. The molecule has 142 valence electrons. The Balaban J connectivity index is 1.62. The molecule has 0 aliphatic rings. The van der Waals surface area contributed by atoms with Crippen LogP contribution in [0.1, 0.15) is 0 Å². The third-order valence-electron chi connectivity index (χ3n) is 4.76. The van der Waals surface area contributed by atoms with E-state index < -0.39 is 11.6 Å². The zero-order valence-electron chi connectivity index (χ0n) is 15.1. The van der Waals surface area contributed by atoms with Crippen LogP contribution in [0.3, 0.4) is 0 Å². The van der Waals surface area contributed by atoms with Gasteiger partial charge in [-0.1, -0.05) is 0 Å². The first-order chi connectivity index (χ1) is 14.1. The lowest BCUT2D eigenvalue weighted by Crippen LogP contribution is -1.97.